The molecule has 0 bridgehead atoms. The first-order valence-electron chi connectivity index (χ1n) is 14.9. The van der Waals surface area contributed by atoms with E-state index in [1.807, 2.05) is 13.0 Å². The molecule has 0 spiro atoms. The van der Waals surface area contributed by atoms with Crippen LogP contribution in [0.15, 0.2) is 65.5 Å². The number of hydrogen-bond acceptors (Lipinski definition) is 4. The standard InChI is InChI=1S/C34H40N4O3.ClH/c1-4-23-17-28(34(40)41)33(39)35-32(23)24-13-14-30-26(15-24)16-27(37(30)3)20-38-19-25-11-8-12-31(29(25)21-38)36(2)18-22-9-6-5-7-10-22;/h5-7,9-10,13-17,25,29,31H,4,8,11-12,18-21H2,1-3H3,(H,35,39)(H,40,41);1H/t25-,29+,31-;/m1./s1. The van der Waals surface area contributed by atoms with Gasteiger partial charge < -0.3 is 14.7 Å². The Kier molecular flexibility index (Phi) is 8.92. The van der Waals surface area contributed by atoms with Crippen LogP contribution in [0, 0.1) is 11.8 Å². The highest BCUT2D eigenvalue weighted by atomic mass is 35.5. The average molecular weight is 589 g/mol. The van der Waals surface area contributed by atoms with E-state index in [1.54, 1.807) is 0 Å². The van der Waals surface area contributed by atoms with E-state index in [0.717, 1.165) is 54.1 Å². The number of carboxylic acid groups (broad SMARTS) is 1. The third kappa shape index (κ3) is 5.78. The second-order valence-corrected chi connectivity index (χ2v) is 12.1. The molecule has 2 N–H and O–H groups in total. The van der Waals surface area contributed by atoms with Gasteiger partial charge in [0.1, 0.15) is 5.56 Å². The van der Waals surface area contributed by atoms with Crippen molar-refractivity contribution in [2.45, 2.75) is 51.7 Å². The molecule has 42 heavy (non-hydrogen) atoms. The number of aromatic carboxylic acids is 1. The molecular formula is C34H41ClN4O3. The molecule has 2 fully saturated rings. The summed E-state index contributed by atoms with van der Waals surface area (Å²) in [7, 11) is 4.44. The fourth-order valence-electron chi connectivity index (χ4n) is 7.41. The Morgan fingerprint density at radius 2 is 1.86 bits per heavy atom. The van der Waals surface area contributed by atoms with Crippen LogP contribution >= 0.6 is 12.4 Å². The molecule has 3 atom stereocenters. The third-order valence-electron chi connectivity index (χ3n) is 9.53. The van der Waals surface area contributed by atoms with Crippen LogP contribution in [0.1, 0.15) is 53.4 Å². The number of halogens is 1. The number of rotatable bonds is 8. The molecule has 4 aromatic rings. The first-order chi connectivity index (χ1) is 19.8. The number of carboxylic acids is 1. The molecular weight excluding hydrogens is 548 g/mol. The summed E-state index contributed by atoms with van der Waals surface area (Å²) in [5.74, 6) is 0.259. The molecule has 6 rings (SSSR count). The molecule has 0 radical (unpaired) electrons. The van der Waals surface area contributed by atoms with Gasteiger partial charge in [-0.3, -0.25) is 14.6 Å². The SMILES string of the molecule is CCc1cc(C(=O)O)c(=O)[nH]c1-c1ccc2c(c1)cc(CN1C[C@H]3CCC[C@@H](N(C)Cc4ccccc4)[C@H]3C1)n2C.Cl. The minimum atomic E-state index is -1.20. The van der Waals surface area contributed by atoms with Gasteiger partial charge in [-0.2, -0.15) is 0 Å². The van der Waals surface area contributed by atoms with E-state index in [2.05, 4.69) is 82.0 Å². The molecule has 1 saturated heterocycles. The molecule has 1 aliphatic heterocycles. The van der Waals surface area contributed by atoms with Gasteiger partial charge >= 0.3 is 5.97 Å². The number of aromatic amines is 1. The summed E-state index contributed by atoms with van der Waals surface area (Å²) in [4.78, 5) is 32.0. The number of aryl methyl sites for hydroxylation is 2. The summed E-state index contributed by atoms with van der Waals surface area (Å²) >= 11 is 0. The van der Waals surface area contributed by atoms with Gasteiger partial charge in [0.05, 0.1) is 5.69 Å². The zero-order valence-electron chi connectivity index (χ0n) is 24.7. The Hall–Kier alpha value is -3.39. The molecule has 3 heterocycles. The number of likely N-dealkylation sites (tertiary alicyclic amines) is 1. The fraction of sp³-hybridized carbons (Fsp3) is 0.412. The normalized spacial score (nSPS) is 20.5. The predicted molar refractivity (Wildman–Crippen MR) is 170 cm³/mol. The molecule has 8 heteroatoms. The Bertz CT molecular complexity index is 1630. The summed E-state index contributed by atoms with van der Waals surface area (Å²) < 4.78 is 2.29. The molecule has 1 aliphatic carbocycles. The maximum Gasteiger partial charge on any atom is 0.341 e. The van der Waals surface area contributed by atoms with Crippen molar-refractivity contribution in [1.29, 1.82) is 0 Å². The number of nitrogens with zero attached hydrogens (tertiary/aromatic N) is 3. The van der Waals surface area contributed by atoms with Gasteiger partial charge in [0, 0.05) is 55.9 Å². The van der Waals surface area contributed by atoms with Gasteiger partial charge in [0.25, 0.3) is 5.56 Å². The first-order valence-corrected chi connectivity index (χ1v) is 14.9. The number of H-pyrrole nitrogens is 1. The van der Waals surface area contributed by atoms with Crippen molar-refractivity contribution in [1.82, 2.24) is 19.4 Å². The van der Waals surface area contributed by atoms with Crippen LogP contribution in [0.5, 0.6) is 0 Å². The highest BCUT2D eigenvalue weighted by Crippen LogP contribution is 2.39. The van der Waals surface area contributed by atoms with Crippen molar-refractivity contribution in [2.24, 2.45) is 18.9 Å². The van der Waals surface area contributed by atoms with Gasteiger partial charge in [-0.25, -0.2) is 4.79 Å². The summed E-state index contributed by atoms with van der Waals surface area (Å²) in [5, 5.41) is 10.5. The van der Waals surface area contributed by atoms with Gasteiger partial charge in [0.15, 0.2) is 0 Å². The van der Waals surface area contributed by atoms with E-state index in [1.165, 1.54) is 36.6 Å². The maximum absolute atomic E-state index is 12.5. The molecule has 7 nitrogen and oxygen atoms in total. The van der Waals surface area contributed by atoms with Crippen LogP contribution in [0.3, 0.4) is 0 Å². The monoisotopic (exact) mass is 588 g/mol. The van der Waals surface area contributed by atoms with E-state index in [4.69, 9.17) is 0 Å². The van der Waals surface area contributed by atoms with Gasteiger partial charge in [-0.05, 0) is 79.1 Å². The summed E-state index contributed by atoms with van der Waals surface area (Å²) in [5.41, 5.74) is 5.47. The van der Waals surface area contributed by atoms with Crippen molar-refractivity contribution in [3.63, 3.8) is 0 Å². The zero-order valence-corrected chi connectivity index (χ0v) is 25.5. The predicted octanol–water partition coefficient (Wildman–Crippen LogP) is 5.95. The highest BCUT2D eigenvalue weighted by molar-refractivity contribution is 5.89. The van der Waals surface area contributed by atoms with Gasteiger partial charge in [-0.15, -0.1) is 12.4 Å². The number of pyridine rings is 1. The van der Waals surface area contributed by atoms with Crippen LogP contribution in [0.25, 0.3) is 22.2 Å². The largest absolute Gasteiger partial charge is 0.477 e. The topological polar surface area (TPSA) is 81.6 Å². The van der Waals surface area contributed by atoms with Crippen molar-refractivity contribution in [3.05, 3.63) is 93.4 Å². The minimum absolute atomic E-state index is 0. The Balaban J connectivity index is 0.00000353. The molecule has 2 aromatic carbocycles. The van der Waals surface area contributed by atoms with E-state index in [-0.39, 0.29) is 18.0 Å². The smallest absolute Gasteiger partial charge is 0.341 e. The molecule has 222 valence electrons. The van der Waals surface area contributed by atoms with E-state index in [9.17, 15) is 14.7 Å². The Labute approximate surface area is 253 Å². The lowest BCUT2D eigenvalue weighted by Gasteiger charge is -2.39. The van der Waals surface area contributed by atoms with Crippen molar-refractivity contribution >= 4 is 29.3 Å². The van der Waals surface area contributed by atoms with E-state index >= 15 is 0 Å². The summed E-state index contributed by atoms with van der Waals surface area (Å²) in [6.45, 7) is 6.19. The number of benzene rings is 2. The van der Waals surface area contributed by atoms with E-state index < -0.39 is 11.5 Å². The van der Waals surface area contributed by atoms with Gasteiger partial charge in [0.2, 0.25) is 0 Å². The molecule has 0 unspecified atom stereocenters. The second-order valence-electron chi connectivity index (χ2n) is 12.1. The second kappa shape index (κ2) is 12.5. The van der Waals surface area contributed by atoms with Crippen molar-refractivity contribution < 1.29 is 9.90 Å². The minimum Gasteiger partial charge on any atom is -0.477 e. The Morgan fingerprint density at radius 1 is 1.07 bits per heavy atom. The fourth-order valence-corrected chi connectivity index (χ4v) is 7.41. The highest BCUT2D eigenvalue weighted by Gasteiger charge is 2.41. The van der Waals surface area contributed by atoms with Crippen LogP contribution in [0.4, 0.5) is 0 Å². The van der Waals surface area contributed by atoms with Crippen molar-refractivity contribution in [3.8, 4) is 11.3 Å². The lowest BCUT2D eigenvalue weighted by Crippen LogP contribution is -2.43. The number of carbonyl (C=O) groups is 1. The number of nitrogens with one attached hydrogen (secondary N) is 1. The van der Waals surface area contributed by atoms with Crippen LogP contribution < -0.4 is 5.56 Å². The quantitative estimate of drug-likeness (QED) is 0.266. The number of aromatic nitrogens is 2. The van der Waals surface area contributed by atoms with Crippen LogP contribution in [-0.2, 0) is 26.6 Å². The summed E-state index contributed by atoms with van der Waals surface area (Å²) in [6, 6.07) is 21.5. The molecule has 2 aliphatic rings. The maximum atomic E-state index is 12.5. The molecule has 0 amide bonds. The lowest BCUT2D eigenvalue weighted by atomic mass is 9.77. The molecule has 2 aromatic heterocycles. The van der Waals surface area contributed by atoms with Crippen LogP contribution in [0.2, 0.25) is 0 Å². The molecule has 1 saturated carbocycles. The third-order valence-corrected chi connectivity index (χ3v) is 9.53. The van der Waals surface area contributed by atoms with E-state index in [0.29, 0.717) is 24.1 Å². The first kappa shape index (κ1) is 30.1. The van der Waals surface area contributed by atoms with Crippen molar-refractivity contribution in [2.75, 3.05) is 20.1 Å². The zero-order chi connectivity index (χ0) is 28.7. The Morgan fingerprint density at radius 3 is 2.60 bits per heavy atom. The van der Waals surface area contributed by atoms with Crippen LogP contribution in [-0.4, -0.2) is 56.6 Å². The summed E-state index contributed by atoms with van der Waals surface area (Å²) in [6.07, 6.45) is 4.55. The number of hydrogen-bond donors (Lipinski definition) is 2. The average Bonchev–Trinajstić information content (AvgIpc) is 3.52. The van der Waals surface area contributed by atoms with Gasteiger partial charge in [-0.1, -0.05) is 49.7 Å². The lowest BCUT2D eigenvalue weighted by molar-refractivity contribution is 0.0695. The number of fused-ring (bicyclic) bond motifs is 2.